The van der Waals surface area contributed by atoms with E-state index in [0.717, 1.165) is 12.8 Å². The van der Waals surface area contributed by atoms with Crippen molar-refractivity contribution in [3.8, 4) is 0 Å². The number of carbonyl (C=O) groups excluding carboxylic acids is 2. The molecule has 3 fully saturated rings. The largest absolute Gasteiger partial charge is 0.459 e. The maximum atomic E-state index is 12.3. The van der Waals surface area contributed by atoms with Crippen molar-refractivity contribution in [2.45, 2.75) is 72.5 Å². The summed E-state index contributed by atoms with van der Waals surface area (Å²) < 4.78 is 11.2. The Bertz CT molecular complexity index is 493. The third kappa shape index (κ3) is 2.44. The zero-order valence-corrected chi connectivity index (χ0v) is 14.3. The van der Waals surface area contributed by atoms with Crippen LogP contribution in [0.5, 0.6) is 0 Å². The van der Waals surface area contributed by atoms with Crippen LogP contribution in [0.4, 0.5) is 0 Å². The first-order valence-corrected chi connectivity index (χ1v) is 8.56. The van der Waals surface area contributed by atoms with Gasteiger partial charge in [-0.1, -0.05) is 20.8 Å². The highest BCUT2D eigenvalue weighted by Gasteiger charge is 2.60. The van der Waals surface area contributed by atoms with Gasteiger partial charge in [-0.3, -0.25) is 4.79 Å². The van der Waals surface area contributed by atoms with Crippen LogP contribution >= 0.6 is 0 Å². The maximum absolute atomic E-state index is 12.3. The summed E-state index contributed by atoms with van der Waals surface area (Å²) in [4.78, 5) is 24.5. The molecule has 1 saturated heterocycles. The average Bonchev–Trinajstić information content (AvgIpc) is 2.98. The molecule has 0 spiro atoms. The maximum Gasteiger partial charge on any atom is 0.348 e. The van der Waals surface area contributed by atoms with Crippen LogP contribution in [0.15, 0.2) is 0 Å². The van der Waals surface area contributed by atoms with Gasteiger partial charge in [0.05, 0.1) is 5.41 Å². The Balaban J connectivity index is 1.72. The number of esters is 2. The Labute approximate surface area is 132 Å². The fourth-order valence-electron chi connectivity index (χ4n) is 4.59. The van der Waals surface area contributed by atoms with E-state index in [1.165, 1.54) is 6.42 Å². The van der Waals surface area contributed by atoms with Gasteiger partial charge in [-0.05, 0) is 56.8 Å². The van der Waals surface area contributed by atoms with Gasteiger partial charge in [0.25, 0.3) is 0 Å². The van der Waals surface area contributed by atoms with Crippen molar-refractivity contribution < 1.29 is 19.1 Å². The molecule has 3 rings (SSSR count). The summed E-state index contributed by atoms with van der Waals surface area (Å²) in [6.07, 6.45) is 3.21. The molecule has 0 N–H and O–H groups in total. The molecule has 0 radical (unpaired) electrons. The van der Waals surface area contributed by atoms with Crippen LogP contribution in [0.3, 0.4) is 0 Å². The Kier molecular flexibility index (Phi) is 3.57. The van der Waals surface area contributed by atoms with Gasteiger partial charge in [0, 0.05) is 5.92 Å². The summed E-state index contributed by atoms with van der Waals surface area (Å²) in [5.74, 6) is 0.508. The molecule has 5 unspecified atom stereocenters. The quantitative estimate of drug-likeness (QED) is 0.750. The Morgan fingerprint density at radius 3 is 2.64 bits per heavy atom. The highest BCUT2D eigenvalue weighted by molar-refractivity contribution is 5.83. The normalized spacial score (nSPS) is 39.3. The summed E-state index contributed by atoms with van der Waals surface area (Å²) in [5, 5.41) is 0. The molecule has 22 heavy (non-hydrogen) atoms. The molecule has 0 aromatic heterocycles. The van der Waals surface area contributed by atoms with E-state index in [9.17, 15) is 9.59 Å². The van der Waals surface area contributed by atoms with Crippen LogP contribution in [0.1, 0.15) is 60.3 Å². The topological polar surface area (TPSA) is 52.6 Å². The van der Waals surface area contributed by atoms with E-state index in [2.05, 4.69) is 13.8 Å². The predicted octanol–water partition coefficient (Wildman–Crippen LogP) is 3.33. The molecule has 0 aromatic carbocycles. The smallest absolute Gasteiger partial charge is 0.348 e. The van der Waals surface area contributed by atoms with Crippen LogP contribution in [-0.4, -0.2) is 24.1 Å². The van der Waals surface area contributed by atoms with Gasteiger partial charge in [0.15, 0.2) is 0 Å². The number of fused-ring (bicyclic) bond motifs is 3. The van der Waals surface area contributed by atoms with Gasteiger partial charge >= 0.3 is 11.9 Å². The summed E-state index contributed by atoms with van der Waals surface area (Å²) in [6, 6.07) is 0. The Hall–Kier alpha value is -1.06. The molecule has 1 aliphatic heterocycles. The fourth-order valence-corrected chi connectivity index (χ4v) is 4.59. The molecular formula is C18H28O4. The van der Waals surface area contributed by atoms with E-state index in [1.54, 1.807) is 0 Å². The molecule has 4 heteroatoms. The van der Waals surface area contributed by atoms with Crippen molar-refractivity contribution in [3.63, 3.8) is 0 Å². The Morgan fingerprint density at radius 1 is 1.32 bits per heavy atom. The molecule has 0 aromatic rings. The first-order valence-electron chi connectivity index (χ1n) is 8.56. The van der Waals surface area contributed by atoms with Crippen molar-refractivity contribution in [3.05, 3.63) is 0 Å². The lowest BCUT2D eigenvalue weighted by Gasteiger charge is -2.25. The van der Waals surface area contributed by atoms with Gasteiger partial charge in [-0.25, -0.2) is 4.79 Å². The molecule has 0 amide bonds. The number of rotatable bonds is 3. The van der Waals surface area contributed by atoms with E-state index in [1.807, 2.05) is 20.8 Å². The molecule has 5 atom stereocenters. The monoisotopic (exact) mass is 308 g/mol. The van der Waals surface area contributed by atoms with Crippen LogP contribution in [0.2, 0.25) is 0 Å². The summed E-state index contributed by atoms with van der Waals surface area (Å²) >= 11 is 0. The molecule has 3 aliphatic rings. The minimum Gasteiger partial charge on any atom is -0.459 e. The van der Waals surface area contributed by atoms with Crippen molar-refractivity contribution in [2.24, 2.45) is 28.6 Å². The zero-order chi connectivity index (χ0) is 16.3. The summed E-state index contributed by atoms with van der Waals surface area (Å²) in [5.41, 5.74) is -0.208. The van der Waals surface area contributed by atoms with E-state index in [0.29, 0.717) is 23.7 Å². The summed E-state index contributed by atoms with van der Waals surface area (Å²) in [7, 11) is 0. The second-order valence-electron chi connectivity index (χ2n) is 8.86. The van der Waals surface area contributed by atoms with Crippen LogP contribution in [-0.2, 0) is 19.1 Å². The fraction of sp³-hybridized carbons (Fsp3) is 0.889. The van der Waals surface area contributed by atoms with Crippen molar-refractivity contribution >= 4 is 11.9 Å². The molecule has 2 aliphatic carbocycles. The van der Waals surface area contributed by atoms with E-state index in [-0.39, 0.29) is 24.0 Å². The van der Waals surface area contributed by atoms with Crippen molar-refractivity contribution in [2.75, 3.05) is 0 Å². The molecular weight excluding hydrogens is 280 g/mol. The summed E-state index contributed by atoms with van der Waals surface area (Å²) in [6.45, 7) is 10.3. The molecule has 1 heterocycles. The Morgan fingerprint density at radius 2 is 2.00 bits per heavy atom. The van der Waals surface area contributed by atoms with E-state index >= 15 is 0 Å². The first kappa shape index (κ1) is 15.8. The molecule has 4 nitrogen and oxygen atoms in total. The lowest BCUT2D eigenvalue weighted by Crippen LogP contribution is -2.35. The minimum atomic E-state index is -0.683. The van der Waals surface area contributed by atoms with E-state index < -0.39 is 11.5 Å². The first-order chi connectivity index (χ1) is 10.1. The van der Waals surface area contributed by atoms with Crippen LogP contribution < -0.4 is 0 Å². The van der Waals surface area contributed by atoms with Gasteiger partial charge in [-0.2, -0.15) is 0 Å². The number of hydrogen-bond donors (Lipinski definition) is 0. The highest BCUT2D eigenvalue weighted by atomic mass is 16.6. The lowest BCUT2D eigenvalue weighted by atomic mass is 9.85. The zero-order valence-electron chi connectivity index (χ0n) is 14.3. The van der Waals surface area contributed by atoms with Gasteiger partial charge in [-0.15, -0.1) is 0 Å². The predicted molar refractivity (Wildman–Crippen MR) is 81.9 cm³/mol. The average molecular weight is 308 g/mol. The lowest BCUT2D eigenvalue weighted by molar-refractivity contribution is -0.169. The number of carbonyl (C=O) groups is 2. The van der Waals surface area contributed by atoms with Gasteiger partial charge < -0.3 is 9.47 Å². The van der Waals surface area contributed by atoms with Gasteiger partial charge in [0.2, 0.25) is 6.10 Å². The third-order valence-corrected chi connectivity index (χ3v) is 6.17. The van der Waals surface area contributed by atoms with Crippen LogP contribution in [0, 0.1) is 28.6 Å². The van der Waals surface area contributed by atoms with Gasteiger partial charge in [0.1, 0.15) is 6.10 Å². The number of hydrogen-bond acceptors (Lipinski definition) is 4. The SMILES string of the molecule is CCC(C)(C)C(=O)OC1C(=O)OC2C3CC(C)(C)CC3CC12. The van der Waals surface area contributed by atoms with Crippen LogP contribution in [0.25, 0.3) is 0 Å². The minimum absolute atomic E-state index is 0.0400. The van der Waals surface area contributed by atoms with E-state index in [4.69, 9.17) is 9.47 Å². The molecule has 2 saturated carbocycles. The molecule has 124 valence electrons. The standard InChI is InChI=1S/C18H28O4/c1-6-18(4,5)16(20)22-14-11-7-10-8-17(2,3)9-12(10)13(11)21-15(14)19/h10-14H,6-9H2,1-5H3. The second-order valence-corrected chi connectivity index (χ2v) is 8.86. The number of ether oxygens (including phenoxy) is 2. The highest BCUT2D eigenvalue weighted by Crippen LogP contribution is 2.58. The molecule has 0 bridgehead atoms. The van der Waals surface area contributed by atoms with Crippen molar-refractivity contribution in [1.29, 1.82) is 0 Å². The van der Waals surface area contributed by atoms with Crippen molar-refractivity contribution in [1.82, 2.24) is 0 Å². The third-order valence-electron chi connectivity index (χ3n) is 6.17. The second kappa shape index (κ2) is 4.97.